The van der Waals surface area contributed by atoms with E-state index in [1.807, 2.05) is 6.92 Å². The predicted octanol–water partition coefficient (Wildman–Crippen LogP) is 1.71. The highest BCUT2D eigenvalue weighted by Crippen LogP contribution is 2.17. The first-order chi connectivity index (χ1) is 7.79. The first-order valence-electron chi connectivity index (χ1n) is 5.67. The van der Waals surface area contributed by atoms with Crippen molar-refractivity contribution in [2.45, 2.75) is 32.2 Å². The number of azide groups is 1. The van der Waals surface area contributed by atoms with E-state index in [-0.39, 0.29) is 18.5 Å². The first kappa shape index (κ1) is 12.8. The average molecular weight is 226 g/mol. The number of carbonyl (C=O) groups excluding carboxylic acids is 1. The predicted molar refractivity (Wildman–Crippen MR) is 59.9 cm³/mol. The highest BCUT2D eigenvalue weighted by atomic mass is 16.5. The Hall–Kier alpha value is -1.26. The third-order valence-corrected chi connectivity index (χ3v) is 2.73. The Morgan fingerprint density at radius 2 is 2.44 bits per heavy atom. The number of hydrogen-bond acceptors (Lipinski definition) is 3. The number of hydrogen-bond donors (Lipinski definition) is 0. The molecule has 1 heterocycles. The minimum atomic E-state index is -0.0952. The van der Waals surface area contributed by atoms with Crippen molar-refractivity contribution < 1.29 is 9.53 Å². The van der Waals surface area contributed by atoms with Crippen LogP contribution in [-0.2, 0) is 9.53 Å². The van der Waals surface area contributed by atoms with Gasteiger partial charge in [0.2, 0.25) is 5.91 Å². The molecule has 0 saturated carbocycles. The number of nitrogens with zero attached hydrogens (tertiary/aromatic N) is 4. The van der Waals surface area contributed by atoms with Gasteiger partial charge in [-0.25, -0.2) is 0 Å². The van der Waals surface area contributed by atoms with E-state index in [1.54, 1.807) is 4.90 Å². The lowest BCUT2D eigenvalue weighted by Crippen LogP contribution is -2.47. The van der Waals surface area contributed by atoms with Gasteiger partial charge in [-0.3, -0.25) is 4.79 Å². The third kappa shape index (κ3) is 3.72. The van der Waals surface area contributed by atoms with Crippen molar-refractivity contribution in [3.05, 3.63) is 10.4 Å². The quantitative estimate of drug-likeness (QED) is 0.406. The first-order valence-corrected chi connectivity index (χ1v) is 5.67. The van der Waals surface area contributed by atoms with Crippen molar-refractivity contribution in [3.63, 3.8) is 0 Å². The van der Waals surface area contributed by atoms with Gasteiger partial charge in [0.15, 0.2) is 0 Å². The molecule has 1 amide bonds. The van der Waals surface area contributed by atoms with Crippen LogP contribution >= 0.6 is 0 Å². The second-order valence-corrected chi connectivity index (χ2v) is 3.79. The monoisotopic (exact) mass is 226 g/mol. The van der Waals surface area contributed by atoms with Gasteiger partial charge in [0.25, 0.3) is 0 Å². The van der Waals surface area contributed by atoms with E-state index < -0.39 is 0 Å². The van der Waals surface area contributed by atoms with Crippen molar-refractivity contribution in [2.24, 2.45) is 5.11 Å². The summed E-state index contributed by atoms with van der Waals surface area (Å²) in [6, 6.07) is 0.148. The Kier molecular flexibility index (Phi) is 5.67. The molecule has 0 unspecified atom stereocenters. The molecule has 1 atom stereocenters. The molecule has 0 aromatic carbocycles. The zero-order valence-corrected chi connectivity index (χ0v) is 9.63. The molecule has 0 radical (unpaired) electrons. The number of likely N-dealkylation sites (tertiary alicyclic amines) is 1. The molecular formula is C10H18N4O2. The molecule has 6 nitrogen and oxygen atoms in total. The van der Waals surface area contributed by atoms with Gasteiger partial charge in [-0.05, 0) is 31.7 Å². The molecule has 1 aliphatic heterocycles. The van der Waals surface area contributed by atoms with Gasteiger partial charge in [-0.1, -0.05) is 5.11 Å². The van der Waals surface area contributed by atoms with Gasteiger partial charge in [0.05, 0.1) is 12.6 Å². The van der Waals surface area contributed by atoms with Crippen LogP contribution in [-0.4, -0.2) is 43.2 Å². The fourth-order valence-electron chi connectivity index (χ4n) is 1.94. The van der Waals surface area contributed by atoms with Gasteiger partial charge in [0, 0.05) is 18.1 Å². The second kappa shape index (κ2) is 7.09. The van der Waals surface area contributed by atoms with Crippen LogP contribution < -0.4 is 0 Å². The maximum Gasteiger partial charge on any atom is 0.228 e. The van der Waals surface area contributed by atoms with Crippen molar-refractivity contribution in [1.29, 1.82) is 0 Å². The molecule has 0 N–H and O–H groups in total. The van der Waals surface area contributed by atoms with E-state index in [9.17, 15) is 4.79 Å². The fourth-order valence-corrected chi connectivity index (χ4v) is 1.94. The van der Waals surface area contributed by atoms with E-state index in [2.05, 4.69) is 10.0 Å². The lowest BCUT2D eigenvalue weighted by atomic mass is 10.0. The maximum atomic E-state index is 11.7. The summed E-state index contributed by atoms with van der Waals surface area (Å²) in [5.41, 5.74) is 8.18. The number of ether oxygens (including phenoxy) is 1. The van der Waals surface area contributed by atoms with Gasteiger partial charge in [0.1, 0.15) is 6.54 Å². The Balaban J connectivity index is 2.51. The summed E-state index contributed by atoms with van der Waals surface area (Å²) in [6.07, 6.45) is 3.12. The van der Waals surface area contributed by atoms with Crippen LogP contribution in [0, 0.1) is 0 Å². The summed E-state index contributed by atoms with van der Waals surface area (Å²) in [4.78, 5) is 16.1. The number of carbonyl (C=O) groups is 1. The SMILES string of the molecule is CCOC[C@H]1CCCCN1C(=O)CN=[N+]=[N-]. The van der Waals surface area contributed by atoms with E-state index in [0.717, 1.165) is 25.8 Å². The van der Waals surface area contributed by atoms with E-state index in [4.69, 9.17) is 10.3 Å². The van der Waals surface area contributed by atoms with Crippen LogP contribution in [0.15, 0.2) is 5.11 Å². The number of rotatable bonds is 5. The van der Waals surface area contributed by atoms with Crippen LogP contribution in [0.1, 0.15) is 26.2 Å². The molecule has 0 aromatic heterocycles. The molecule has 0 aliphatic carbocycles. The number of amides is 1. The zero-order chi connectivity index (χ0) is 11.8. The van der Waals surface area contributed by atoms with Crippen LogP contribution in [0.25, 0.3) is 10.4 Å². The normalized spacial score (nSPS) is 20.3. The average Bonchev–Trinajstić information content (AvgIpc) is 2.33. The molecule has 1 aliphatic rings. The Bertz CT molecular complexity index is 276. The van der Waals surface area contributed by atoms with Crippen LogP contribution in [0.2, 0.25) is 0 Å². The summed E-state index contributed by atoms with van der Waals surface area (Å²) < 4.78 is 5.36. The zero-order valence-electron chi connectivity index (χ0n) is 9.63. The summed E-state index contributed by atoms with van der Waals surface area (Å²) in [6.45, 7) is 3.85. The minimum absolute atomic E-state index is 0.0842. The van der Waals surface area contributed by atoms with Gasteiger partial charge < -0.3 is 9.64 Å². The van der Waals surface area contributed by atoms with Crippen molar-refractivity contribution >= 4 is 5.91 Å². The second-order valence-electron chi connectivity index (χ2n) is 3.79. The van der Waals surface area contributed by atoms with Crippen LogP contribution in [0.5, 0.6) is 0 Å². The van der Waals surface area contributed by atoms with Gasteiger partial charge in [-0.15, -0.1) is 0 Å². The molecule has 0 spiro atoms. The molecule has 0 aromatic rings. The van der Waals surface area contributed by atoms with Crippen molar-refractivity contribution in [2.75, 3.05) is 26.3 Å². The minimum Gasteiger partial charge on any atom is -0.380 e. The van der Waals surface area contributed by atoms with E-state index in [0.29, 0.717) is 13.2 Å². The van der Waals surface area contributed by atoms with Gasteiger partial charge >= 0.3 is 0 Å². The summed E-state index contributed by atoms with van der Waals surface area (Å²) in [5.74, 6) is -0.0952. The fraction of sp³-hybridized carbons (Fsp3) is 0.900. The van der Waals surface area contributed by atoms with E-state index >= 15 is 0 Å². The maximum absolute atomic E-state index is 11.7. The highest BCUT2D eigenvalue weighted by Gasteiger charge is 2.25. The van der Waals surface area contributed by atoms with Gasteiger partial charge in [-0.2, -0.15) is 0 Å². The molecule has 16 heavy (non-hydrogen) atoms. The Morgan fingerprint density at radius 1 is 1.62 bits per heavy atom. The molecule has 0 bridgehead atoms. The third-order valence-electron chi connectivity index (χ3n) is 2.73. The van der Waals surface area contributed by atoms with E-state index in [1.165, 1.54) is 0 Å². The molecule has 1 rings (SSSR count). The smallest absolute Gasteiger partial charge is 0.228 e. The summed E-state index contributed by atoms with van der Waals surface area (Å²) in [7, 11) is 0. The Morgan fingerprint density at radius 3 is 3.12 bits per heavy atom. The van der Waals surface area contributed by atoms with Crippen molar-refractivity contribution in [1.82, 2.24) is 4.90 Å². The molecule has 1 saturated heterocycles. The molecule has 1 fully saturated rings. The molecule has 90 valence electrons. The molecule has 6 heteroatoms. The lowest BCUT2D eigenvalue weighted by Gasteiger charge is -2.35. The standard InChI is InChI=1S/C10H18N4O2/c1-2-16-8-9-5-3-4-6-14(9)10(15)7-12-13-11/h9H,2-8H2,1H3/t9-/m1/s1. The summed E-state index contributed by atoms with van der Waals surface area (Å²) in [5, 5.41) is 3.31. The molecular weight excluding hydrogens is 208 g/mol. The lowest BCUT2D eigenvalue weighted by molar-refractivity contribution is -0.134. The summed E-state index contributed by atoms with van der Waals surface area (Å²) >= 11 is 0. The number of piperidine rings is 1. The van der Waals surface area contributed by atoms with Crippen LogP contribution in [0.4, 0.5) is 0 Å². The Labute approximate surface area is 95.2 Å². The highest BCUT2D eigenvalue weighted by molar-refractivity contribution is 5.78. The topological polar surface area (TPSA) is 78.3 Å². The van der Waals surface area contributed by atoms with Crippen LogP contribution in [0.3, 0.4) is 0 Å². The van der Waals surface area contributed by atoms with Crippen molar-refractivity contribution in [3.8, 4) is 0 Å². The largest absolute Gasteiger partial charge is 0.380 e.